The Balaban J connectivity index is 1.03. The maximum atomic E-state index is 5.30. The Labute approximate surface area is 354 Å². The van der Waals surface area contributed by atoms with Crippen LogP contribution in [0.3, 0.4) is 0 Å². The molecule has 2 aliphatic carbocycles. The number of benzene rings is 10. The van der Waals surface area contributed by atoms with Gasteiger partial charge in [0, 0.05) is 16.7 Å². The van der Waals surface area contributed by atoms with Crippen molar-refractivity contribution in [3.63, 3.8) is 0 Å². The quantitative estimate of drug-likeness (QED) is 0.167. The van der Waals surface area contributed by atoms with Crippen LogP contribution in [-0.2, 0) is 5.41 Å². The van der Waals surface area contributed by atoms with Gasteiger partial charge in [0.05, 0.1) is 16.8 Å². The number of fused-ring (bicyclic) bond motifs is 16. The molecular weight excluding hydrogens is 737 g/mol. The molecule has 0 radical (unpaired) electrons. The summed E-state index contributed by atoms with van der Waals surface area (Å²) in [6.07, 6.45) is 0. The number of hydrogen-bond acceptors (Lipinski definition) is 2. The SMILES string of the molecule is c1ccc(-c2cc(-c3cccc4c5ccccc5c5cc(-c6ccc7c(c6)-c6ccccc6C76c7ccccc7-c7ccccc76)ccc5c34)nc(-c3ccccc3)n2)cc1. The molecule has 0 aliphatic heterocycles. The molecule has 0 unspecified atom stereocenters. The number of rotatable bonds is 4. The molecule has 61 heavy (non-hydrogen) atoms. The van der Waals surface area contributed by atoms with Crippen molar-refractivity contribution in [1.29, 1.82) is 0 Å². The lowest BCUT2D eigenvalue weighted by atomic mass is 9.70. The van der Waals surface area contributed by atoms with Gasteiger partial charge in [0.25, 0.3) is 0 Å². The molecule has 1 heterocycles. The summed E-state index contributed by atoms with van der Waals surface area (Å²) in [5, 5.41) is 7.32. The van der Waals surface area contributed by atoms with Crippen molar-refractivity contribution in [2.45, 2.75) is 5.41 Å². The third kappa shape index (κ3) is 4.85. The van der Waals surface area contributed by atoms with Gasteiger partial charge in [0.1, 0.15) is 0 Å². The van der Waals surface area contributed by atoms with E-state index in [-0.39, 0.29) is 5.41 Å². The molecule has 0 amide bonds. The van der Waals surface area contributed by atoms with Crippen LogP contribution in [0.15, 0.2) is 218 Å². The molecule has 0 atom stereocenters. The molecule has 2 nitrogen and oxygen atoms in total. The molecule has 2 heteroatoms. The summed E-state index contributed by atoms with van der Waals surface area (Å²) in [5.74, 6) is 0.714. The third-order valence-corrected chi connectivity index (χ3v) is 13.3. The maximum Gasteiger partial charge on any atom is 0.160 e. The Kier molecular flexibility index (Phi) is 7.26. The van der Waals surface area contributed by atoms with Crippen LogP contribution in [0.5, 0.6) is 0 Å². The van der Waals surface area contributed by atoms with Crippen molar-refractivity contribution in [2.75, 3.05) is 0 Å². The first-order valence-electron chi connectivity index (χ1n) is 21.1. The van der Waals surface area contributed by atoms with Gasteiger partial charge in [0.15, 0.2) is 5.82 Å². The fourth-order valence-corrected chi connectivity index (χ4v) is 10.7. The first-order chi connectivity index (χ1) is 30.3. The Morgan fingerprint density at radius 2 is 0.738 bits per heavy atom. The van der Waals surface area contributed by atoms with Gasteiger partial charge in [-0.25, -0.2) is 9.97 Å². The van der Waals surface area contributed by atoms with E-state index in [0.29, 0.717) is 5.82 Å². The van der Waals surface area contributed by atoms with Crippen LogP contribution in [0.1, 0.15) is 22.3 Å². The summed E-state index contributed by atoms with van der Waals surface area (Å²) < 4.78 is 0. The lowest BCUT2D eigenvalue weighted by molar-refractivity contribution is 0.794. The second kappa shape index (κ2) is 13.0. The second-order valence-corrected chi connectivity index (χ2v) is 16.4. The van der Waals surface area contributed by atoms with Crippen LogP contribution in [0, 0.1) is 0 Å². The Morgan fingerprint density at radius 1 is 0.262 bits per heavy atom. The van der Waals surface area contributed by atoms with Crippen molar-refractivity contribution in [3.05, 3.63) is 241 Å². The monoisotopic (exact) mass is 772 g/mol. The van der Waals surface area contributed by atoms with Crippen LogP contribution in [0.2, 0.25) is 0 Å². The van der Waals surface area contributed by atoms with Gasteiger partial charge in [-0.3, -0.25) is 0 Å². The summed E-state index contributed by atoms with van der Waals surface area (Å²) in [4.78, 5) is 10.4. The molecule has 1 spiro atoms. The van der Waals surface area contributed by atoms with Gasteiger partial charge in [-0.2, -0.15) is 0 Å². The molecule has 1 aromatic heterocycles. The molecule has 0 N–H and O–H groups in total. The van der Waals surface area contributed by atoms with Crippen molar-refractivity contribution in [2.24, 2.45) is 0 Å². The fourth-order valence-electron chi connectivity index (χ4n) is 10.7. The zero-order valence-electron chi connectivity index (χ0n) is 33.2. The highest BCUT2D eigenvalue weighted by Crippen LogP contribution is 2.63. The smallest absolute Gasteiger partial charge is 0.160 e. The predicted molar refractivity (Wildman–Crippen MR) is 253 cm³/mol. The van der Waals surface area contributed by atoms with Gasteiger partial charge in [0.2, 0.25) is 0 Å². The Hall–Kier alpha value is -7.94. The molecule has 11 aromatic rings. The predicted octanol–water partition coefficient (Wildman–Crippen LogP) is 14.9. The van der Waals surface area contributed by atoms with Gasteiger partial charge < -0.3 is 0 Å². The zero-order valence-corrected chi connectivity index (χ0v) is 33.2. The largest absolute Gasteiger partial charge is 0.228 e. The highest BCUT2D eigenvalue weighted by Gasteiger charge is 2.51. The topological polar surface area (TPSA) is 25.8 Å². The normalized spacial score (nSPS) is 13.0. The molecule has 13 rings (SSSR count). The van der Waals surface area contributed by atoms with Crippen LogP contribution >= 0.6 is 0 Å². The average Bonchev–Trinajstić information content (AvgIpc) is 3.81. The number of aromatic nitrogens is 2. The number of nitrogens with zero attached hydrogens (tertiary/aromatic N) is 2. The molecule has 0 saturated heterocycles. The van der Waals surface area contributed by atoms with Crippen LogP contribution in [-0.4, -0.2) is 9.97 Å². The van der Waals surface area contributed by atoms with Gasteiger partial charge in [-0.1, -0.05) is 200 Å². The number of hydrogen-bond donors (Lipinski definition) is 0. The highest BCUT2D eigenvalue weighted by molar-refractivity contribution is 6.28. The van der Waals surface area contributed by atoms with E-state index in [9.17, 15) is 0 Å². The molecule has 282 valence electrons. The van der Waals surface area contributed by atoms with E-state index in [1.807, 2.05) is 24.3 Å². The first-order valence-corrected chi connectivity index (χ1v) is 21.1. The Bertz CT molecular complexity index is 3480. The van der Waals surface area contributed by atoms with Crippen molar-refractivity contribution >= 4 is 32.3 Å². The third-order valence-electron chi connectivity index (χ3n) is 13.3. The van der Waals surface area contributed by atoms with E-state index in [2.05, 4.69) is 194 Å². The molecule has 10 aromatic carbocycles. The molecule has 2 aliphatic rings. The maximum absolute atomic E-state index is 5.30. The summed E-state index contributed by atoms with van der Waals surface area (Å²) >= 11 is 0. The minimum absolute atomic E-state index is 0.353. The standard InChI is InChI=1S/C59H36N2/c1-3-16-37(17-4-1)55-36-56(61-58(60-55)38-18-5-2-6-19-38)48-26-15-25-46-41-20-7-8-21-42(41)49-34-39(30-32-47(49)57(46)48)40-31-33-54-50(35-40)45-24-11-14-29-53(45)59(54)51-27-12-9-22-43(51)44-23-10-13-28-52(44)59/h1-36H. The molecule has 0 saturated carbocycles. The fraction of sp³-hybridized carbons (Fsp3) is 0.0169. The van der Waals surface area contributed by atoms with Crippen LogP contribution in [0.4, 0.5) is 0 Å². The van der Waals surface area contributed by atoms with E-state index < -0.39 is 0 Å². The van der Waals surface area contributed by atoms with Crippen molar-refractivity contribution in [1.82, 2.24) is 9.97 Å². The lowest BCUT2D eigenvalue weighted by Crippen LogP contribution is -2.25. The minimum Gasteiger partial charge on any atom is -0.228 e. The van der Waals surface area contributed by atoms with E-state index >= 15 is 0 Å². The summed E-state index contributed by atoms with van der Waals surface area (Å²) in [6.45, 7) is 0. The summed E-state index contributed by atoms with van der Waals surface area (Å²) in [6, 6.07) is 79.8. The molecular formula is C59H36N2. The van der Waals surface area contributed by atoms with Crippen molar-refractivity contribution < 1.29 is 0 Å². The average molecular weight is 773 g/mol. The summed E-state index contributed by atoms with van der Waals surface area (Å²) in [5.41, 5.74) is 17.7. The molecule has 0 bridgehead atoms. The van der Waals surface area contributed by atoms with Gasteiger partial charge in [-0.05, 0) is 106 Å². The van der Waals surface area contributed by atoms with Crippen molar-refractivity contribution in [3.8, 4) is 67.3 Å². The summed E-state index contributed by atoms with van der Waals surface area (Å²) in [7, 11) is 0. The second-order valence-electron chi connectivity index (χ2n) is 16.4. The highest BCUT2D eigenvalue weighted by atomic mass is 14.9. The minimum atomic E-state index is -0.353. The van der Waals surface area contributed by atoms with Gasteiger partial charge >= 0.3 is 0 Å². The lowest BCUT2D eigenvalue weighted by Gasteiger charge is -2.30. The van der Waals surface area contributed by atoms with E-state index in [0.717, 1.165) is 28.1 Å². The molecule has 0 fully saturated rings. The van der Waals surface area contributed by atoms with E-state index in [1.54, 1.807) is 0 Å². The van der Waals surface area contributed by atoms with Crippen LogP contribution < -0.4 is 0 Å². The Morgan fingerprint density at radius 3 is 1.43 bits per heavy atom. The van der Waals surface area contributed by atoms with E-state index in [4.69, 9.17) is 9.97 Å². The van der Waals surface area contributed by atoms with Crippen LogP contribution in [0.25, 0.3) is 99.6 Å². The van der Waals surface area contributed by atoms with E-state index in [1.165, 1.54) is 88.0 Å². The zero-order chi connectivity index (χ0) is 40.1. The first kappa shape index (κ1) is 34.0. The van der Waals surface area contributed by atoms with Gasteiger partial charge in [-0.15, -0.1) is 0 Å².